The first-order valence-corrected chi connectivity index (χ1v) is 6.08. The zero-order chi connectivity index (χ0) is 11.4. The highest BCUT2D eigenvalue weighted by Crippen LogP contribution is 2.08. The van der Waals surface area contributed by atoms with E-state index in [1.54, 1.807) is 0 Å². The van der Waals surface area contributed by atoms with Gasteiger partial charge in [-0.15, -0.1) is 0 Å². The average Bonchev–Trinajstić information content (AvgIpc) is 2.65. The number of H-pyrrole nitrogens is 1. The molecule has 90 valence electrons. The summed E-state index contributed by atoms with van der Waals surface area (Å²) in [6.07, 6.45) is 3.37. The summed E-state index contributed by atoms with van der Waals surface area (Å²) >= 11 is 0. The van der Waals surface area contributed by atoms with Crippen molar-refractivity contribution in [1.29, 1.82) is 0 Å². The van der Waals surface area contributed by atoms with Crippen LogP contribution in [0.4, 0.5) is 0 Å². The van der Waals surface area contributed by atoms with Gasteiger partial charge in [0.1, 0.15) is 0 Å². The fourth-order valence-electron chi connectivity index (χ4n) is 2.23. The third-order valence-corrected chi connectivity index (χ3v) is 2.95. The first-order chi connectivity index (χ1) is 7.74. The van der Waals surface area contributed by atoms with Crippen molar-refractivity contribution in [2.75, 3.05) is 13.2 Å². The molecule has 0 saturated carbocycles. The molecule has 1 fully saturated rings. The average molecular weight is 223 g/mol. The van der Waals surface area contributed by atoms with E-state index >= 15 is 0 Å². The molecule has 0 spiro atoms. The third kappa shape index (κ3) is 3.32. The number of hydrogen-bond acceptors (Lipinski definition) is 3. The van der Waals surface area contributed by atoms with E-state index in [-0.39, 0.29) is 0 Å². The summed E-state index contributed by atoms with van der Waals surface area (Å²) in [4.78, 5) is 0. The van der Waals surface area contributed by atoms with Crippen molar-refractivity contribution in [2.45, 2.75) is 45.2 Å². The topological polar surface area (TPSA) is 49.9 Å². The predicted octanol–water partition coefficient (Wildman–Crippen LogP) is 1.42. The molecule has 2 atom stereocenters. The lowest BCUT2D eigenvalue weighted by atomic mass is 10.1. The maximum absolute atomic E-state index is 5.45. The van der Waals surface area contributed by atoms with Gasteiger partial charge in [0.25, 0.3) is 0 Å². The number of aromatic amines is 1. The standard InChI is InChI=1S/C12H21N3O/c1-9(6-12-7-10(2)14-15-12)13-11-4-3-5-16-8-11/h7,9,11,13H,3-6,8H2,1-2H3,(H,14,15). The number of aryl methyl sites for hydroxylation is 1. The summed E-state index contributed by atoms with van der Waals surface area (Å²) in [7, 11) is 0. The Hall–Kier alpha value is -0.870. The van der Waals surface area contributed by atoms with Crippen molar-refractivity contribution >= 4 is 0 Å². The van der Waals surface area contributed by atoms with Gasteiger partial charge < -0.3 is 10.1 Å². The Morgan fingerprint density at radius 1 is 1.69 bits per heavy atom. The molecule has 16 heavy (non-hydrogen) atoms. The number of rotatable bonds is 4. The molecular weight excluding hydrogens is 202 g/mol. The van der Waals surface area contributed by atoms with Gasteiger partial charge in [0.05, 0.1) is 12.3 Å². The van der Waals surface area contributed by atoms with Crippen LogP contribution in [0.2, 0.25) is 0 Å². The number of nitrogens with one attached hydrogen (secondary N) is 2. The van der Waals surface area contributed by atoms with E-state index in [1.807, 2.05) is 6.92 Å². The summed E-state index contributed by atoms with van der Waals surface area (Å²) in [6, 6.07) is 3.08. The number of ether oxygens (including phenoxy) is 1. The van der Waals surface area contributed by atoms with Crippen LogP contribution in [-0.4, -0.2) is 35.5 Å². The van der Waals surface area contributed by atoms with Gasteiger partial charge in [0, 0.05) is 30.8 Å². The van der Waals surface area contributed by atoms with Gasteiger partial charge in [0.15, 0.2) is 0 Å². The second kappa shape index (κ2) is 5.46. The first-order valence-electron chi connectivity index (χ1n) is 6.08. The molecule has 1 aromatic heterocycles. The maximum atomic E-state index is 5.45. The van der Waals surface area contributed by atoms with Crippen LogP contribution >= 0.6 is 0 Å². The van der Waals surface area contributed by atoms with E-state index in [1.165, 1.54) is 12.8 Å². The predicted molar refractivity (Wildman–Crippen MR) is 63.5 cm³/mol. The fourth-order valence-corrected chi connectivity index (χ4v) is 2.23. The van der Waals surface area contributed by atoms with Crippen LogP contribution in [0, 0.1) is 6.92 Å². The first kappa shape index (κ1) is 11.6. The van der Waals surface area contributed by atoms with E-state index in [9.17, 15) is 0 Å². The second-order valence-electron chi connectivity index (χ2n) is 4.73. The highest BCUT2D eigenvalue weighted by Gasteiger charge is 2.16. The lowest BCUT2D eigenvalue weighted by molar-refractivity contribution is 0.0671. The monoisotopic (exact) mass is 223 g/mol. The zero-order valence-electron chi connectivity index (χ0n) is 10.1. The van der Waals surface area contributed by atoms with Gasteiger partial charge in [-0.05, 0) is 32.8 Å². The molecule has 0 bridgehead atoms. The zero-order valence-corrected chi connectivity index (χ0v) is 10.1. The molecule has 2 heterocycles. The van der Waals surface area contributed by atoms with E-state index in [0.29, 0.717) is 12.1 Å². The molecule has 2 unspecified atom stereocenters. The molecule has 2 N–H and O–H groups in total. The van der Waals surface area contributed by atoms with Crippen LogP contribution in [0.5, 0.6) is 0 Å². The van der Waals surface area contributed by atoms with Gasteiger partial charge in [-0.2, -0.15) is 5.10 Å². The number of hydrogen-bond donors (Lipinski definition) is 2. The SMILES string of the molecule is Cc1cc(CC(C)NC2CCCOC2)n[nH]1. The molecule has 4 heteroatoms. The van der Waals surface area contributed by atoms with Crippen molar-refractivity contribution in [3.63, 3.8) is 0 Å². The van der Waals surface area contributed by atoms with Crippen molar-refractivity contribution < 1.29 is 4.74 Å². The van der Waals surface area contributed by atoms with Gasteiger partial charge in [0.2, 0.25) is 0 Å². The Balaban J connectivity index is 1.77. The molecule has 1 aliphatic heterocycles. The van der Waals surface area contributed by atoms with Crippen LogP contribution in [0.3, 0.4) is 0 Å². The Kier molecular flexibility index (Phi) is 3.96. The van der Waals surface area contributed by atoms with Crippen LogP contribution in [0.1, 0.15) is 31.2 Å². The fraction of sp³-hybridized carbons (Fsp3) is 0.750. The lowest BCUT2D eigenvalue weighted by Gasteiger charge is -2.26. The molecular formula is C12H21N3O. The molecule has 1 aliphatic rings. The molecule has 2 rings (SSSR count). The van der Waals surface area contributed by atoms with Gasteiger partial charge in [-0.1, -0.05) is 0 Å². The molecule has 0 amide bonds. The van der Waals surface area contributed by atoms with Gasteiger partial charge in [-0.25, -0.2) is 0 Å². The summed E-state index contributed by atoms with van der Waals surface area (Å²) < 4.78 is 5.45. The van der Waals surface area contributed by atoms with Crippen LogP contribution in [0.15, 0.2) is 6.07 Å². The van der Waals surface area contributed by atoms with Crippen LogP contribution < -0.4 is 5.32 Å². The molecule has 1 saturated heterocycles. The minimum atomic E-state index is 0.453. The number of aromatic nitrogens is 2. The van der Waals surface area contributed by atoms with Crippen LogP contribution in [-0.2, 0) is 11.2 Å². The Bertz CT molecular complexity index is 318. The summed E-state index contributed by atoms with van der Waals surface area (Å²) in [5, 5.41) is 10.8. The van der Waals surface area contributed by atoms with Gasteiger partial charge >= 0.3 is 0 Å². The minimum Gasteiger partial charge on any atom is -0.380 e. The summed E-state index contributed by atoms with van der Waals surface area (Å²) in [5.74, 6) is 0. The van der Waals surface area contributed by atoms with E-state index < -0.39 is 0 Å². The highest BCUT2D eigenvalue weighted by molar-refractivity contribution is 5.07. The summed E-state index contributed by atoms with van der Waals surface area (Å²) in [6.45, 7) is 6.01. The van der Waals surface area contributed by atoms with E-state index in [4.69, 9.17) is 4.74 Å². The summed E-state index contributed by atoms with van der Waals surface area (Å²) in [5.41, 5.74) is 2.26. The molecule has 0 aromatic carbocycles. The molecule has 0 aliphatic carbocycles. The highest BCUT2D eigenvalue weighted by atomic mass is 16.5. The van der Waals surface area contributed by atoms with Crippen molar-refractivity contribution in [3.8, 4) is 0 Å². The Labute approximate surface area is 96.8 Å². The van der Waals surface area contributed by atoms with Crippen molar-refractivity contribution in [2.24, 2.45) is 0 Å². The third-order valence-electron chi connectivity index (χ3n) is 2.95. The maximum Gasteiger partial charge on any atom is 0.0640 e. The van der Waals surface area contributed by atoms with Crippen LogP contribution in [0.25, 0.3) is 0 Å². The molecule has 1 aromatic rings. The minimum absolute atomic E-state index is 0.453. The quantitative estimate of drug-likeness (QED) is 0.811. The second-order valence-corrected chi connectivity index (χ2v) is 4.73. The normalized spacial score (nSPS) is 23.2. The number of nitrogens with zero attached hydrogens (tertiary/aromatic N) is 1. The molecule has 4 nitrogen and oxygen atoms in total. The van der Waals surface area contributed by atoms with E-state index in [0.717, 1.165) is 31.0 Å². The lowest BCUT2D eigenvalue weighted by Crippen LogP contribution is -2.42. The van der Waals surface area contributed by atoms with Gasteiger partial charge in [-0.3, -0.25) is 5.10 Å². The largest absolute Gasteiger partial charge is 0.380 e. The van der Waals surface area contributed by atoms with Crippen molar-refractivity contribution in [1.82, 2.24) is 15.5 Å². The van der Waals surface area contributed by atoms with E-state index in [2.05, 4.69) is 28.5 Å². The molecule has 0 radical (unpaired) electrons. The van der Waals surface area contributed by atoms with Crippen molar-refractivity contribution in [3.05, 3.63) is 17.5 Å². The Morgan fingerprint density at radius 2 is 2.56 bits per heavy atom. The smallest absolute Gasteiger partial charge is 0.0640 e. The Morgan fingerprint density at radius 3 is 3.19 bits per heavy atom.